The molecule has 2 saturated heterocycles. The third-order valence-corrected chi connectivity index (χ3v) is 9.29. The van der Waals surface area contributed by atoms with Crippen molar-refractivity contribution in [3.63, 3.8) is 0 Å². The number of fused-ring (bicyclic) bond motifs is 1. The van der Waals surface area contributed by atoms with Crippen LogP contribution >= 0.6 is 0 Å². The van der Waals surface area contributed by atoms with Crippen molar-refractivity contribution in [1.29, 1.82) is 0 Å². The number of hydrogen-bond acceptors (Lipinski definition) is 4. The van der Waals surface area contributed by atoms with E-state index in [0.29, 0.717) is 24.6 Å². The Labute approximate surface area is 217 Å². The van der Waals surface area contributed by atoms with Gasteiger partial charge in [-0.15, -0.1) is 0 Å². The molecule has 7 heteroatoms. The van der Waals surface area contributed by atoms with Gasteiger partial charge in [0.25, 0.3) is 5.91 Å². The van der Waals surface area contributed by atoms with E-state index < -0.39 is 5.41 Å². The summed E-state index contributed by atoms with van der Waals surface area (Å²) in [7, 11) is 0. The minimum absolute atomic E-state index is 0.0666. The number of benzene rings is 1. The average molecular weight is 503 g/mol. The molecule has 6 rings (SSSR count). The van der Waals surface area contributed by atoms with Crippen LogP contribution in [-0.2, 0) is 4.79 Å². The SMILES string of the molecule is O=C(NCCN1CCC2(CC1)C(=O)NC[C@H]2c1ccc(F)cc1)c1cnc2c(c1)C=CCC2C1CCC1. The third-order valence-electron chi connectivity index (χ3n) is 9.29. The summed E-state index contributed by atoms with van der Waals surface area (Å²) in [4.78, 5) is 32.8. The summed E-state index contributed by atoms with van der Waals surface area (Å²) in [5.74, 6) is 1.07. The van der Waals surface area contributed by atoms with Crippen LogP contribution in [-0.4, -0.2) is 54.4 Å². The normalized spacial score (nSPS) is 24.9. The number of rotatable bonds is 6. The van der Waals surface area contributed by atoms with Crippen LogP contribution < -0.4 is 10.6 Å². The number of halogens is 1. The van der Waals surface area contributed by atoms with Gasteiger partial charge in [0.15, 0.2) is 0 Å². The largest absolute Gasteiger partial charge is 0.355 e. The number of pyridine rings is 1. The third kappa shape index (κ3) is 4.58. The number of carbonyl (C=O) groups is 2. The molecule has 2 aliphatic carbocycles. The van der Waals surface area contributed by atoms with Crippen LogP contribution in [0.3, 0.4) is 0 Å². The highest BCUT2D eigenvalue weighted by molar-refractivity contribution is 5.94. The molecule has 3 heterocycles. The second-order valence-corrected chi connectivity index (χ2v) is 11.2. The lowest BCUT2D eigenvalue weighted by Gasteiger charge is -2.41. The number of aromatic nitrogens is 1. The Kier molecular flexibility index (Phi) is 6.57. The molecule has 3 fully saturated rings. The van der Waals surface area contributed by atoms with Crippen molar-refractivity contribution >= 4 is 17.9 Å². The van der Waals surface area contributed by atoms with E-state index in [1.54, 1.807) is 6.20 Å². The van der Waals surface area contributed by atoms with Crippen LogP contribution in [0.2, 0.25) is 0 Å². The van der Waals surface area contributed by atoms with Gasteiger partial charge in [0.2, 0.25) is 5.91 Å². The van der Waals surface area contributed by atoms with E-state index in [1.807, 2.05) is 18.2 Å². The molecule has 1 saturated carbocycles. The van der Waals surface area contributed by atoms with Crippen LogP contribution in [0.4, 0.5) is 4.39 Å². The van der Waals surface area contributed by atoms with Crippen molar-refractivity contribution in [2.75, 3.05) is 32.7 Å². The standard InChI is InChI=1S/C30H35FN4O2/c31-24-9-7-21(8-10-24)26-19-34-29(37)30(26)11-14-35(15-12-30)16-13-32-28(36)23-17-22-5-2-6-25(20-3-1-4-20)27(22)33-18-23/h2,5,7-10,17-18,20,25-26H,1,3-4,6,11-16,19H2,(H,32,36)(H,34,37)/t25?,26-/m0/s1. The molecule has 0 radical (unpaired) electrons. The zero-order valence-electron chi connectivity index (χ0n) is 21.2. The number of amides is 2. The molecule has 2 aromatic rings. The number of allylic oxidation sites excluding steroid dienone is 1. The summed E-state index contributed by atoms with van der Waals surface area (Å²) in [5.41, 5.74) is 3.44. The van der Waals surface area contributed by atoms with Gasteiger partial charge in [-0.25, -0.2) is 4.39 Å². The minimum Gasteiger partial charge on any atom is -0.355 e. The minimum atomic E-state index is -0.433. The molecule has 4 aliphatic rings. The summed E-state index contributed by atoms with van der Waals surface area (Å²) in [6.45, 7) is 3.50. The first-order valence-corrected chi connectivity index (χ1v) is 13.7. The van der Waals surface area contributed by atoms with Crippen molar-refractivity contribution in [3.8, 4) is 0 Å². The number of nitrogens with zero attached hydrogens (tertiary/aromatic N) is 2. The van der Waals surface area contributed by atoms with Gasteiger partial charge in [0, 0.05) is 37.7 Å². The van der Waals surface area contributed by atoms with E-state index in [9.17, 15) is 14.0 Å². The smallest absolute Gasteiger partial charge is 0.252 e. The van der Waals surface area contributed by atoms with Crippen LogP contribution in [0.1, 0.15) is 77.5 Å². The lowest BCUT2D eigenvalue weighted by molar-refractivity contribution is -0.130. The van der Waals surface area contributed by atoms with Crippen LogP contribution in [0.25, 0.3) is 6.08 Å². The predicted octanol–water partition coefficient (Wildman–Crippen LogP) is 4.25. The summed E-state index contributed by atoms with van der Waals surface area (Å²) < 4.78 is 13.4. The molecule has 2 atom stereocenters. The van der Waals surface area contributed by atoms with Gasteiger partial charge >= 0.3 is 0 Å². The van der Waals surface area contributed by atoms with Crippen molar-refractivity contribution in [2.24, 2.45) is 11.3 Å². The van der Waals surface area contributed by atoms with Crippen molar-refractivity contribution < 1.29 is 14.0 Å². The predicted molar refractivity (Wildman–Crippen MR) is 141 cm³/mol. The van der Waals surface area contributed by atoms with Gasteiger partial charge < -0.3 is 15.5 Å². The molecular formula is C30H35FN4O2. The van der Waals surface area contributed by atoms with Crippen LogP contribution in [0.15, 0.2) is 42.6 Å². The molecule has 6 nitrogen and oxygen atoms in total. The number of carbonyl (C=O) groups excluding carboxylic acids is 2. The highest BCUT2D eigenvalue weighted by Crippen LogP contribution is 2.48. The number of hydrogen-bond donors (Lipinski definition) is 2. The van der Waals surface area contributed by atoms with Gasteiger partial charge in [0.05, 0.1) is 16.7 Å². The van der Waals surface area contributed by atoms with Gasteiger partial charge in [-0.05, 0) is 80.4 Å². The van der Waals surface area contributed by atoms with E-state index in [-0.39, 0.29) is 23.5 Å². The topological polar surface area (TPSA) is 74.3 Å². The molecule has 0 bridgehead atoms. The van der Waals surface area contributed by atoms with Gasteiger partial charge in [-0.2, -0.15) is 0 Å². The monoisotopic (exact) mass is 502 g/mol. The summed E-state index contributed by atoms with van der Waals surface area (Å²) >= 11 is 0. The Balaban J connectivity index is 1.02. The number of piperidine rings is 1. The maximum Gasteiger partial charge on any atom is 0.252 e. The van der Waals surface area contributed by atoms with E-state index >= 15 is 0 Å². The molecule has 37 heavy (non-hydrogen) atoms. The lowest BCUT2D eigenvalue weighted by atomic mass is 9.68. The van der Waals surface area contributed by atoms with E-state index in [4.69, 9.17) is 4.98 Å². The van der Waals surface area contributed by atoms with Crippen molar-refractivity contribution in [2.45, 2.75) is 50.4 Å². The van der Waals surface area contributed by atoms with E-state index in [0.717, 1.165) is 61.6 Å². The fraction of sp³-hybridized carbons (Fsp3) is 0.500. The summed E-state index contributed by atoms with van der Waals surface area (Å²) in [5, 5.41) is 6.11. The molecule has 2 aliphatic heterocycles. The highest BCUT2D eigenvalue weighted by atomic mass is 19.1. The summed E-state index contributed by atoms with van der Waals surface area (Å²) in [6.07, 6.45) is 12.5. The highest BCUT2D eigenvalue weighted by Gasteiger charge is 2.51. The van der Waals surface area contributed by atoms with Crippen LogP contribution in [0.5, 0.6) is 0 Å². The first-order valence-electron chi connectivity index (χ1n) is 13.7. The fourth-order valence-electron chi connectivity index (χ4n) is 6.81. The molecule has 2 N–H and O–H groups in total. The lowest BCUT2D eigenvalue weighted by Crippen LogP contribution is -2.47. The average Bonchev–Trinajstić information content (AvgIpc) is 3.19. The second-order valence-electron chi connectivity index (χ2n) is 11.2. The Bertz CT molecular complexity index is 1200. The molecular weight excluding hydrogens is 467 g/mol. The summed E-state index contributed by atoms with van der Waals surface area (Å²) in [6, 6.07) is 8.55. The maximum absolute atomic E-state index is 13.4. The van der Waals surface area contributed by atoms with Gasteiger partial charge in [-0.3, -0.25) is 14.6 Å². The van der Waals surface area contributed by atoms with Gasteiger partial charge in [0.1, 0.15) is 5.82 Å². The zero-order chi connectivity index (χ0) is 25.4. The maximum atomic E-state index is 13.4. The van der Waals surface area contributed by atoms with Crippen molar-refractivity contribution in [3.05, 3.63) is 70.8 Å². The quantitative estimate of drug-likeness (QED) is 0.620. The zero-order valence-corrected chi connectivity index (χ0v) is 21.2. The Morgan fingerprint density at radius 2 is 1.97 bits per heavy atom. The molecule has 1 spiro atoms. The van der Waals surface area contributed by atoms with Crippen LogP contribution in [0, 0.1) is 17.2 Å². The fourth-order valence-corrected chi connectivity index (χ4v) is 6.81. The molecule has 1 aromatic carbocycles. The Morgan fingerprint density at radius 3 is 2.70 bits per heavy atom. The van der Waals surface area contributed by atoms with Crippen molar-refractivity contribution in [1.82, 2.24) is 20.5 Å². The Hall–Kier alpha value is -3.06. The molecule has 194 valence electrons. The van der Waals surface area contributed by atoms with E-state index in [2.05, 4.69) is 27.7 Å². The Morgan fingerprint density at radius 1 is 1.19 bits per heavy atom. The molecule has 1 unspecified atom stereocenters. The first kappa shape index (κ1) is 24.3. The van der Waals surface area contributed by atoms with E-state index in [1.165, 1.54) is 31.4 Å². The first-order chi connectivity index (χ1) is 18.0. The number of likely N-dealkylation sites (tertiary alicyclic amines) is 1. The number of nitrogens with one attached hydrogen (secondary N) is 2. The van der Waals surface area contributed by atoms with Gasteiger partial charge in [-0.1, -0.05) is 30.7 Å². The second kappa shape index (κ2) is 10.0. The molecule has 1 aromatic heterocycles. The molecule has 2 amide bonds.